The average molecular weight is 211 g/mol. The summed E-state index contributed by atoms with van der Waals surface area (Å²) in [6.07, 6.45) is 1.19. The standard InChI is InChI=1S/C8H7ClN4O/c9-4-6(14)11-8-5-2-1-3-10-7(5)12-13-8/h1-3,8H,4H2,(H,11,14)/t8-/m1/s1. The number of hydrogen-bond donors (Lipinski definition) is 1. The van der Waals surface area contributed by atoms with Gasteiger partial charge in [0.15, 0.2) is 12.0 Å². The summed E-state index contributed by atoms with van der Waals surface area (Å²) >= 11 is 5.36. The number of nitrogens with one attached hydrogen (secondary N) is 1. The van der Waals surface area contributed by atoms with Gasteiger partial charge in [0.25, 0.3) is 0 Å². The largest absolute Gasteiger partial charge is 0.328 e. The molecule has 2 heterocycles. The zero-order valence-corrected chi connectivity index (χ0v) is 7.90. The zero-order valence-electron chi connectivity index (χ0n) is 7.14. The predicted molar refractivity (Wildman–Crippen MR) is 50.4 cm³/mol. The monoisotopic (exact) mass is 210 g/mol. The fourth-order valence-corrected chi connectivity index (χ4v) is 1.26. The normalized spacial score (nSPS) is 17.9. The number of rotatable bonds is 2. The molecule has 0 saturated heterocycles. The van der Waals surface area contributed by atoms with Gasteiger partial charge in [-0.05, 0) is 12.1 Å². The van der Waals surface area contributed by atoms with Crippen molar-refractivity contribution >= 4 is 23.3 Å². The molecule has 1 aromatic rings. The molecule has 1 aliphatic heterocycles. The maximum absolute atomic E-state index is 11.0. The molecule has 1 amide bonds. The molecule has 5 nitrogen and oxygen atoms in total. The summed E-state index contributed by atoms with van der Waals surface area (Å²) in [5.41, 5.74) is 0.797. The van der Waals surface area contributed by atoms with E-state index in [9.17, 15) is 4.79 Å². The Balaban J connectivity index is 2.18. The van der Waals surface area contributed by atoms with Crippen molar-refractivity contribution in [1.29, 1.82) is 0 Å². The molecule has 0 spiro atoms. The highest BCUT2D eigenvalue weighted by Crippen LogP contribution is 2.31. The molecule has 1 aliphatic rings. The molecule has 0 radical (unpaired) electrons. The lowest BCUT2D eigenvalue weighted by Crippen LogP contribution is -2.27. The summed E-state index contributed by atoms with van der Waals surface area (Å²) in [5, 5.41) is 10.3. The molecule has 72 valence electrons. The van der Waals surface area contributed by atoms with E-state index in [1.54, 1.807) is 12.3 Å². The van der Waals surface area contributed by atoms with Crippen LogP contribution in [0, 0.1) is 0 Å². The highest BCUT2D eigenvalue weighted by atomic mass is 35.5. The van der Waals surface area contributed by atoms with E-state index >= 15 is 0 Å². The van der Waals surface area contributed by atoms with Gasteiger partial charge >= 0.3 is 0 Å². The van der Waals surface area contributed by atoms with E-state index in [0.29, 0.717) is 5.82 Å². The Morgan fingerprint density at radius 2 is 2.50 bits per heavy atom. The average Bonchev–Trinajstić information content (AvgIpc) is 2.62. The number of azo groups is 1. The van der Waals surface area contributed by atoms with Crippen LogP contribution in [0.2, 0.25) is 0 Å². The molecular formula is C8H7ClN4O. The quantitative estimate of drug-likeness (QED) is 0.753. The zero-order chi connectivity index (χ0) is 9.97. The van der Waals surface area contributed by atoms with Crippen molar-refractivity contribution in [3.8, 4) is 0 Å². The van der Waals surface area contributed by atoms with Crippen LogP contribution < -0.4 is 5.32 Å². The third kappa shape index (κ3) is 1.58. The van der Waals surface area contributed by atoms with Crippen LogP contribution >= 0.6 is 11.6 Å². The minimum atomic E-state index is -0.440. The summed E-state index contributed by atoms with van der Waals surface area (Å²) in [5.74, 6) is 0.196. The van der Waals surface area contributed by atoms with Crippen LogP contribution in [0.15, 0.2) is 28.6 Å². The number of carbonyl (C=O) groups excluding carboxylic acids is 1. The summed E-state index contributed by atoms with van der Waals surface area (Å²) < 4.78 is 0. The van der Waals surface area contributed by atoms with Crippen molar-refractivity contribution in [2.45, 2.75) is 6.17 Å². The second-order valence-corrected chi connectivity index (χ2v) is 3.00. The van der Waals surface area contributed by atoms with Gasteiger partial charge < -0.3 is 5.32 Å². The number of carbonyl (C=O) groups is 1. The van der Waals surface area contributed by atoms with Crippen molar-refractivity contribution in [2.75, 3.05) is 5.88 Å². The van der Waals surface area contributed by atoms with Gasteiger partial charge in [0.05, 0.1) is 0 Å². The number of hydrogen-bond acceptors (Lipinski definition) is 4. The van der Waals surface area contributed by atoms with Crippen molar-refractivity contribution in [3.05, 3.63) is 23.9 Å². The Bertz CT molecular complexity index is 393. The van der Waals surface area contributed by atoms with Gasteiger partial charge in [-0.2, -0.15) is 5.11 Å². The van der Waals surface area contributed by atoms with E-state index in [1.165, 1.54) is 0 Å². The lowest BCUT2D eigenvalue weighted by Gasteiger charge is -2.07. The van der Waals surface area contributed by atoms with Gasteiger partial charge in [-0.1, -0.05) is 0 Å². The Labute approximate surface area is 85.2 Å². The van der Waals surface area contributed by atoms with Gasteiger partial charge in [0, 0.05) is 11.8 Å². The van der Waals surface area contributed by atoms with Crippen molar-refractivity contribution in [3.63, 3.8) is 0 Å². The van der Waals surface area contributed by atoms with E-state index in [4.69, 9.17) is 11.6 Å². The Kier molecular flexibility index (Phi) is 2.41. The van der Waals surface area contributed by atoms with Crippen LogP contribution in [0.25, 0.3) is 0 Å². The SMILES string of the molecule is O=C(CCl)N[C@@H]1N=Nc2ncccc21. The highest BCUT2D eigenvalue weighted by molar-refractivity contribution is 6.27. The molecule has 0 aliphatic carbocycles. The third-order valence-corrected chi connectivity index (χ3v) is 2.04. The van der Waals surface area contributed by atoms with Gasteiger partial charge in [0.2, 0.25) is 5.91 Å². The number of halogens is 1. The first-order valence-corrected chi connectivity index (χ1v) is 4.56. The molecule has 6 heteroatoms. The van der Waals surface area contributed by atoms with Crippen LogP contribution in [0.4, 0.5) is 5.82 Å². The second-order valence-electron chi connectivity index (χ2n) is 2.74. The van der Waals surface area contributed by atoms with Gasteiger partial charge in [-0.3, -0.25) is 4.79 Å². The third-order valence-electron chi connectivity index (χ3n) is 1.80. The number of alkyl halides is 1. The highest BCUT2D eigenvalue weighted by Gasteiger charge is 2.22. The Morgan fingerprint density at radius 3 is 3.29 bits per heavy atom. The fraction of sp³-hybridized carbons (Fsp3) is 0.250. The molecule has 2 rings (SSSR count). The summed E-state index contributed by atoms with van der Waals surface area (Å²) in [6.45, 7) is 0. The molecule has 1 N–H and O–H groups in total. The van der Waals surface area contributed by atoms with E-state index < -0.39 is 6.17 Å². The van der Waals surface area contributed by atoms with E-state index in [2.05, 4.69) is 20.5 Å². The number of aromatic nitrogens is 1. The maximum Gasteiger partial charge on any atom is 0.236 e. The topological polar surface area (TPSA) is 66.7 Å². The van der Waals surface area contributed by atoms with Crippen LogP contribution in [-0.2, 0) is 4.79 Å². The molecule has 0 fully saturated rings. The van der Waals surface area contributed by atoms with E-state index in [1.807, 2.05) is 6.07 Å². The number of fused-ring (bicyclic) bond motifs is 1. The van der Waals surface area contributed by atoms with E-state index in [-0.39, 0.29) is 11.8 Å². The molecule has 0 saturated carbocycles. The molecule has 1 atom stereocenters. The first kappa shape index (κ1) is 9.08. The number of amides is 1. The van der Waals surface area contributed by atoms with Gasteiger partial charge in [-0.25, -0.2) is 4.98 Å². The smallest absolute Gasteiger partial charge is 0.236 e. The van der Waals surface area contributed by atoms with Gasteiger partial charge in [0.1, 0.15) is 5.88 Å². The predicted octanol–water partition coefficient (Wildman–Crippen LogP) is 1.53. The number of nitrogens with zero attached hydrogens (tertiary/aromatic N) is 3. The Morgan fingerprint density at radius 1 is 1.64 bits per heavy atom. The van der Waals surface area contributed by atoms with Crippen LogP contribution in [0.5, 0.6) is 0 Å². The summed E-state index contributed by atoms with van der Waals surface area (Å²) in [6, 6.07) is 3.59. The molecule has 0 aromatic carbocycles. The van der Waals surface area contributed by atoms with Crippen molar-refractivity contribution in [1.82, 2.24) is 10.3 Å². The van der Waals surface area contributed by atoms with Crippen molar-refractivity contribution in [2.24, 2.45) is 10.2 Å². The summed E-state index contributed by atoms with van der Waals surface area (Å²) in [4.78, 5) is 15.0. The van der Waals surface area contributed by atoms with Gasteiger partial charge in [-0.15, -0.1) is 16.7 Å². The fourth-order valence-electron chi connectivity index (χ4n) is 1.18. The minimum Gasteiger partial charge on any atom is -0.328 e. The second kappa shape index (κ2) is 3.71. The van der Waals surface area contributed by atoms with Crippen molar-refractivity contribution < 1.29 is 4.79 Å². The lowest BCUT2D eigenvalue weighted by molar-refractivity contribution is -0.119. The minimum absolute atomic E-state index is 0.0817. The summed E-state index contributed by atoms with van der Waals surface area (Å²) in [7, 11) is 0. The molecule has 14 heavy (non-hydrogen) atoms. The number of pyridine rings is 1. The Hall–Kier alpha value is -1.49. The first-order valence-electron chi connectivity index (χ1n) is 4.02. The molecule has 0 bridgehead atoms. The molecule has 1 aromatic heterocycles. The van der Waals surface area contributed by atoms with Crippen LogP contribution in [0.1, 0.15) is 11.7 Å². The molecular weight excluding hydrogens is 204 g/mol. The van der Waals surface area contributed by atoms with Crippen LogP contribution in [-0.4, -0.2) is 16.8 Å². The molecule has 0 unspecified atom stereocenters. The maximum atomic E-state index is 11.0. The van der Waals surface area contributed by atoms with Crippen LogP contribution in [0.3, 0.4) is 0 Å². The van der Waals surface area contributed by atoms with E-state index in [0.717, 1.165) is 5.56 Å². The first-order chi connectivity index (χ1) is 6.81. The lowest BCUT2D eigenvalue weighted by atomic mass is 10.2.